The monoisotopic (exact) mass is 193 g/mol. The van der Waals surface area contributed by atoms with E-state index in [2.05, 4.69) is 6.07 Å². The topological polar surface area (TPSA) is 44.0 Å². The van der Waals surface area contributed by atoms with Gasteiger partial charge in [-0.05, 0) is 25.0 Å². The van der Waals surface area contributed by atoms with Crippen LogP contribution in [-0.4, -0.2) is 5.11 Å². The number of halogens is 1. The minimum absolute atomic E-state index is 0.131. The van der Waals surface area contributed by atoms with Crippen molar-refractivity contribution in [3.05, 3.63) is 28.8 Å². The minimum Gasteiger partial charge on any atom is -0.508 e. The van der Waals surface area contributed by atoms with Gasteiger partial charge in [-0.1, -0.05) is 17.7 Å². The highest BCUT2D eigenvalue weighted by atomic mass is 35.5. The summed E-state index contributed by atoms with van der Waals surface area (Å²) in [5.41, 5.74) is 0.0850. The second kappa shape index (κ2) is 2.65. The predicted octanol–water partition coefficient (Wildman–Crippen LogP) is 2.60. The van der Waals surface area contributed by atoms with Crippen molar-refractivity contribution in [2.45, 2.75) is 18.3 Å². The molecule has 0 aliphatic heterocycles. The molecule has 0 bridgehead atoms. The summed E-state index contributed by atoms with van der Waals surface area (Å²) in [5.74, 6) is 0.131. The van der Waals surface area contributed by atoms with Gasteiger partial charge in [0.2, 0.25) is 0 Å². The lowest BCUT2D eigenvalue weighted by molar-refractivity contribution is 0.465. The zero-order valence-electron chi connectivity index (χ0n) is 6.92. The molecule has 2 nitrogen and oxygen atoms in total. The molecule has 0 atom stereocenters. The molecule has 1 aliphatic carbocycles. The summed E-state index contributed by atoms with van der Waals surface area (Å²) in [6, 6.07) is 7.15. The summed E-state index contributed by atoms with van der Waals surface area (Å²) in [7, 11) is 0. The van der Waals surface area contributed by atoms with E-state index in [1.807, 2.05) is 0 Å². The second-order valence-corrected chi connectivity index (χ2v) is 3.74. The molecule has 0 radical (unpaired) electrons. The largest absolute Gasteiger partial charge is 0.508 e. The van der Waals surface area contributed by atoms with Gasteiger partial charge < -0.3 is 5.11 Å². The highest BCUT2D eigenvalue weighted by Gasteiger charge is 2.47. The maximum Gasteiger partial charge on any atom is 0.121 e. The van der Waals surface area contributed by atoms with E-state index < -0.39 is 5.41 Å². The molecular formula is C10H8ClNO. The van der Waals surface area contributed by atoms with Gasteiger partial charge in [-0.2, -0.15) is 5.26 Å². The van der Waals surface area contributed by atoms with Gasteiger partial charge in [0.25, 0.3) is 0 Å². The first-order valence-electron chi connectivity index (χ1n) is 4.09. The number of hydrogen-bond acceptors (Lipinski definition) is 2. The summed E-state index contributed by atoms with van der Waals surface area (Å²) in [6.07, 6.45) is 1.58. The first kappa shape index (κ1) is 8.40. The van der Waals surface area contributed by atoms with Gasteiger partial charge in [0.1, 0.15) is 5.75 Å². The molecule has 0 aromatic heterocycles. The van der Waals surface area contributed by atoms with Crippen molar-refractivity contribution in [3.63, 3.8) is 0 Å². The van der Waals surface area contributed by atoms with Crippen LogP contribution in [-0.2, 0) is 5.41 Å². The van der Waals surface area contributed by atoms with Gasteiger partial charge in [0.15, 0.2) is 0 Å². The molecule has 0 saturated heterocycles. The van der Waals surface area contributed by atoms with Crippen LogP contribution in [0.5, 0.6) is 5.75 Å². The van der Waals surface area contributed by atoms with E-state index >= 15 is 0 Å². The Labute approximate surface area is 81.4 Å². The minimum atomic E-state index is -0.511. The van der Waals surface area contributed by atoms with Crippen LogP contribution in [0.15, 0.2) is 18.2 Å². The van der Waals surface area contributed by atoms with E-state index in [0.717, 1.165) is 12.8 Å². The average Bonchev–Trinajstić information content (AvgIpc) is 2.85. The van der Waals surface area contributed by atoms with Crippen LogP contribution < -0.4 is 0 Å². The summed E-state index contributed by atoms with van der Waals surface area (Å²) in [4.78, 5) is 0. The normalized spacial score (nSPS) is 17.8. The number of benzene rings is 1. The molecule has 2 rings (SSSR count). The molecule has 1 fully saturated rings. The van der Waals surface area contributed by atoms with Crippen molar-refractivity contribution in [2.75, 3.05) is 0 Å². The molecule has 0 heterocycles. The number of hydrogen-bond donors (Lipinski definition) is 1. The van der Waals surface area contributed by atoms with Gasteiger partial charge in [-0.3, -0.25) is 0 Å². The molecule has 13 heavy (non-hydrogen) atoms. The number of rotatable bonds is 1. The molecule has 1 N–H and O–H groups in total. The van der Waals surface area contributed by atoms with Gasteiger partial charge >= 0.3 is 0 Å². The fourth-order valence-corrected chi connectivity index (χ4v) is 1.88. The van der Waals surface area contributed by atoms with E-state index in [0.29, 0.717) is 10.6 Å². The Morgan fingerprint density at radius 2 is 2.15 bits per heavy atom. The Morgan fingerprint density at radius 1 is 1.46 bits per heavy atom. The quantitative estimate of drug-likeness (QED) is 0.745. The van der Waals surface area contributed by atoms with E-state index in [1.165, 1.54) is 0 Å². The summed E-state index contributed by atoms with van der Waals surface area (Å²) in [6.45, 7) is 0. The molecule has 3 heteroatoms. The summed E-state index contributed by atoms with van der Waals surface area (Å²) in [5, 5.41) is 19.0. The van der Waals surface area contributed by atoms with Crippen LogP contribution in [0.4, 0.5) is 0 Å². The van der Waals surface area contributed by atoms with Crippen LogP contribution in [0.25, 0.3) is 0 Å². The van der Waals surface area contributed by atoms with E-state index in [1.54, 1.807) is 18.2 Å². The molecule has 0 amide bonds. The van der Waals surface area contributed by atoms with E-state index in [4.69, 9.17) is 16.9 Å². The Hall–Kier alpha value is -1.20. The van der Waals surface area contributed by atoms with Crippen molar-refractivity contribution in [3.8, 4) is 11.8 Å². The number of nitriles is 1. The Morgan fingerprint density at radius 3 is 2.62 bits per heavy atom. The lowest BCUT2D eigenvalue weighted by Crippen LogP contribution is -2.03. The van der Waals surface area contributed by atoms with Crippen LogP contribution in [0.3, 0.4) is 0 Å². The van der Waals surface area contributed by atoms with Gasteiger partial charge in [0.05, 0.1) is 11.5 Å². The van der Waals surface area contributed by atoms with Crippen molar-refractivity contribution in [2.24, 2.45) is 0 Å². The third-order valence-corrected chi connectivity index (χ3v) is 2.75. The third kappa shape index (κ3) is 1.16. The summed E-state index contributed by atoms with van der Waals surface area (Å²) < 4.78 is 0. The number of aromatic hydroxyl groups is 1. The molecule has 0 unspecified atom stereocenters. The maximum atomic E-state index is 9.56. The van der Waals surface area contributed by atoms with Crippen molar-refractivity contribution >= 4 is 11.6 Å². The fourth-order valence-electron chi connectivity index (χ4n) is 1.53. The number of phenols is 1. The molecule has 0 spiro atoms. The number of phenolic OH excluding ortho intramolecular Hbond substituents is 1. The van der Waals surface area contributed by atoms with Crippen molar-refractivity contribution in [1.29, 1.82) is 5.26 Å². The lowest BCUT2D eigenvalue weighted by atomic mass is 9.97. The van der Waals surface area contributed by atoms with Crippen LogP contribution in [0, 0.1) is 11.3 Å². The van der Waals surface area contributed by atoms with E-state index in [9.17, 15) is 5.11 Å². The summed E-state index contributed by atoms with van der Waals surface area (Å²) >= 11 is 5.92. The van der Waals surface area contributed by atoms with Crippen LogP contribution in [0.1, 0.15) is 18.4 Å². The molecule has 66 valence electrons. The third-order valence-electron chi connectivity index (χ3n) is 2.43. The Balaban J connectivity index is 2.58. The lowest BCUT2D eigenvalue weighted by Gasteiger charge is -2.10. The molecule has 1 aromatic rings. The first-order chi connectivity index (χ1) is 6.19. The van der Waals surface area contributed by atoms with Crippen molar-refractivity contribution in [1.82, 2.24) is 0 Å². The van der Waals surface area contributed by atoms with Crippen LogP contribution >= 0.6 is 11.6 Å². The second-order valence-electron chi connectivity index (χ2n) is 3.33. The van der Waals surface area contributed by atoms with E-state index in [-0.39, 0.29) is 5.75 Å². The molecule has 1 saturated carbocycles. The molecule has 1 aliphatic rings. The highest BCUT2D eigenvalue weighted by Crippen LogP contribution is 2.52. The Kier molecular flexibility index (Phi) is 1.71. The fraction of sp³-hybridized carbons (Fsp3) is 0.300. The smallest absolute Gasteiger partial charge is 0.121 e. The SMILES string of the molecule is N#CC1(c2c(O)cccc2Cl)CC1. The predicted molar refractivity (Wildman–Crippen MR) is 49.6 cm³/mol. The zero-order chi connectivity index (χ0) is 9.47. The average molecular weight is 194 g/mol. The zero-order valence-corrected chi connectivity index (χ0v) is 7.67. The van der Waals surface area contributed by atoms with Crippen LogP contribution in [0.2, 0.25) is 5.02 Å². The van der Waals surface area contributed by atoms with Gasteiger partial charge in [-0.15, -0.1) is 0 Å². The van der Waals surface area contributed by atoms with Crippen molar-refractivity contribution < 1.29 is 5.11 Å². The Bertz CT molecular complexity index is 370. The van der Waals surface area contributed by atoms with Gasteiger partial charge in [0, 0.05) is 10.6 Å². The highest BCUT2D eigenvalue weighted by molar-refractivity contribution is 6.31. The molecule has 1 aromatic carbocycles. The number of nitrogens with zero attached hydrogens (tertiary/aromatic N) is 1. The first-order valence-corrected chi connectivity index (χ1v) is 4.47. The van der Waals surface area contributed by atoms with Gasteiger partial charge in [-0.25, -0.2) is 0 Å². The molecular weight excluding hydrogens is 186 g/mol. The maximum absolute atomic E-state index is 9.56. The standard InChI is InChI=1S/C10H8ClNO/c11-7-2-1-3-8(13)9(7)10(6-12)4-5-10/h1-3,13H,4-5H2.